The van der Waals surface area contributed by atoms with E-state index in [1.54, 1.807) is 11.3 Å². The van der Waals surface area contributed by atoms with Crippen LogP contribution in [0.4, 0.5) is 5.95 Å². The van der Waals surface area contributed by atoms with Crippen LogP contribution in [0.25, 0.3) is 10.7 Å². The Bertz CT molecular complexity index is 418. The largest absolute Gasteiger partial charge is 0.395 e. The van der Waals surface area contributed by atoms with Crippen LogP contribution in [0.1, 0.15) is 0 Å². The molecule has 0 aliphatic heterocycles. The highest BCUT2D eigenvalue weighted by Gasteiger charge is 2.03. The van der Waals surface area contributed by atoms with E-state index >= 15 is 0 Å². The summed E-state index contributed by atoms with van der Waals surface area (Å²) < 4.78 is 0. The van der Waals surface area contributed by atoms with E-state index in [0.717, 1.165) is 4.88 Å². The summed E-state index contributed by atoms with van der Waals surface area (Å²) in [6, 6.07) is 3.90. The second-order valence-electron chi connectivity index (χ2n) is 2.76. The van der Waals surface area contributed by atoms with Crippen LogP contribution in [-0.4, -0.2) is 33.2 Å². The number of aliphatic hydroxyl groups excluding tert-OH is 1. The first-order valence-corrected chi connectivity index (χ1v) is 5.36. The van der Waals surface area contributed by atoms with Crippen LogP contribution in [0.5, 0.6) is 0 Å². The van der Waals surface area contributed by atoms with E-state index in [-0.39, 0.29) is 6.61 Å². The van der Waals surface area contributed by atoms with Gasteiger partial charge in [0.1, 0.15) is 6.33 Å². The first-order chi connectivity index (χ1) is 7.40. The zero-order valence-electron chi connectivity index (χ0n) is 7.92. The number of hydrogen-bond acceptors (Lipinski definition) is 6. The molecule has 2 rings (SSSR count). The van der Waals surface area contributed by atoms with Gasteiger partial charge in [-0.2, -0.15) is 4.98 Å². The van der Waals surface area contributed by atoms with Gasteiger partial charge in [0.25, 0.3) is 0 Å². The van der Waals surface area contributed by atoms with Gasteiger partial charge in [-0.15, -0.1) is 11.3 Å². The number of aliphatic hydroxyl groups is 1. The molecule has 0 spiro atoms. The van der Waals surface area contributed by atoms with Crippen molar-refractivity contribution in [2.45, 2.75) is 0 Å². The summed E-state index contributed by atoms with van der Waals surface area (Å²) >= 11 is 1.58. The zero-order valence-corrected chi connectivity index (χ0v) is 8.74. The third kappa shape index (κ3) is 2.48. The highest BCUT2D eigenvalue weighted by atomic mass is 32.1. The van der Waals surface area contributed by atoms with E-state index in [9.17, 15) is 0 Å². The lowest BCUT2D eigenvalue weighted by Crippen LogP contribution is -2.09. The molecule has 0 saturated heterocycles. The van der Waals surface area contributed by atoms with Gasteiger partial charge in [-0.25, -0.2) is 9.97 Å². The van der Waals surface area contributed by atoms with Crippen LogP contribution in [0.2, 0.25) is 0 Å². The fourth-order valence-corrected chi connectivity index (χ4v) is 1.74. The van der Waals surface area contributed by atoms with Crippen molar-refractivity contribution in [2.24, 2.45) is 0 Å². The van der Waals surface area contributed by atoms with Gasteiger partial charge in [0, 0.05) is 6.54 Å². The van der Waals surface area contributed by atoms with Crippen molar-refractivity contribution in [3.05, 3.63) is 23.8 Å². The summed E-state index contributed by atoms with van der Waals surface area (Å²) in [4.78, 5) is 13.2. The molecule has 0 aromatic carbocycles. The van der Waals surface area contributed by atoms with Crippen molar-refractivity contribution >= 4 is 17.3 Å². The summed E-state index contributed by atoms with van der Waals surface area (Å²) in [5.74, 6) is 1.14. The highest BCUT2D eigenvalue weighted by molar-refractivity contribution is 7.13. The van der Waals surface area contributed by atoms with E-state index in [4.69, 9.17) is 5.11 Å². The molecule has 78 valence electrons. The monoisotopic (exact) mass is 222 g/mol. The maximum atomic E-state index is 8.65. The van der Waals surface area contributed by atoms with Gasteiger partial charge in [-0.3, -0.25) is 0 Å². The van der Waals surface area contributed by atoms with Crippen molar-refractivity contribution in [2.75, 3.05) is 18.5 Å². The number of nitrogens with zero attached hydrogens (tertiary/aromatic N) is 3. The average Bonchev–Trinajstić information content (AvgIpc) is 2.80. The summed E-state index contributed by atoms with van der Waals surface area (Å²) in [6.07, 6.45) is 1.46. The van der Waals surface area contributed by atoms with Gasteiger partial charge < -0.3 is 10.4 Å². The third-order valence-corrected chi connectivity index (χ3v) is 2.57. The molecular formula is C9H10N4OS. The van der Waals surface area contributed by atoms with Crippen LogP contribution >= 0.6 is 11.3 Å². The lowest BCUT2D eigenvalue weighted by atomic mass is 10.4. The zero-order chi connectivity index (χ0) is 10.5. The summed E-state index contributed by atoms with van der Waals surface area (Å²) in [6.45, 7) is 0.494. The molecule has 0 atom stereocenters. The third-order valence-electron chi connectivity index (χ3n) is 1.71. The van der Waals surface area contributed by atoms with Crippen LogP contribution in [0.3, 0.4) is 0 Å². The maximum absolute atomic E-state index is 8.65. The first kappa shape index (κ1) is 10.0. The smallest absolute Gasteiger partial charge is 0.226 e. The molecule has 0 bridgehead atoms. The Morgan fingerprint density at radius 2 is 2.33 bits per heavy atom. The molecule has 5 nitrogen and oxygen atoms in total. The Hall–Kier alpha value is -1.53. The van der Waals surface area contributed by atoms with E-state index in [0.29, 0.717) is 18.3 Å². The Morgan fingerprint density at radius 1 is 1.40 bits per heavy atom. The van der Waals surface area contributed by atoms with Gasteiger partial charge in [0.15, 0.2) is 5.82 Å². The average molecular weight is 222 g/mol. The molecule has 2 aromatic heterocycles. The van der Waals surface area contributed by atoms with E-state index < -0.39 is 0 Å². The van der Waals surface area contributed by atoms with Crippen molar-refractivity contribution in [3.63, 3.8) is 0 Å². The van der Waals surface area contributed by atoms with E-state index in [1.807, 2.05) is 17.5 Å². The molecule has 0 radical (unpaired) electrons. The first-order valence-electron chi connectivity index (χ1n) is 4.48. The second kappa shape index (κ2) is 4.81. The molecule has 2 heterocycles. The lowest BCUT2D eigenvalue weighted by molar-refractivity contribution is 0.311. The minimum absolute atomic E-state index is 0.0556. The number of anilines is 1. The van der Waals surface area contributed by atoms with Gasteiger partial charge in [-0.1, -0.05) is 6.07 Å². The molecule has 0 saturated carbocycles. The lowest BCUT2D eigenvalue weighted by Gasteiger charge is -2.02. The molecule has 0 unspecified atom stereocenters. The molecule has 6 heteroatoms. The maximum Gasteiger partial charge on any atom is 0.226 e. The fourth-order valence-electron chi connectivity index (χ4n) is 1.07. The molecule has 0 fully saturated rings. The molecule has 0 aliphatic carbocycles. The van der Waals surface area contributed by atoms with Crippen molar-refractivity contribution in [3.8, 4) is 10.7 Å². The van der Waals surface area contributed by atoms with Crippen molar-refractivity contribution in [1.29, 1.82) is 0 Å². The Labute approximate surface area is 90.9 Å². The summed E-state index contributed by atoms with van der Waals surface area (Å²) in [7, 11) is 0. The van der Waals surface area contributed by atoms with Gasteiger partial charge in [-0.05, 0) is 11.4 Å². The molecule has 2 N–H and O–H groups in total. The van der Waals surface area contributed by atoms with Crippen LogP contribution in [-0.2, 0) is 0 Å². The Kier molecular flexibility index (Phi) is 3.21. The number of thiophene rings is 1. The predicted octanol–water partition coefficient (Wildman–Crippen LogP) is 1.00. The van der Waals surface area contributed by atoms with Gasteiger partial charge >= 0.3 is 0 Å². The minimum Gasteiger partial charge on any atom is -0.395 e. The van der Waals surface area contributed by atoms with Gasteiger partial charge in [0.2, 0.25) is 5.95 Å². The number of rotatable bonds is 4. The summed E-state index contributed by atoms with van der Waals surface area (Å²) in [5.41, 5.74) is 0. The quantitative estimate of drug-likeness (QED) is 0.807. The van der Waals surface area contributed by atoms with Crippen molar-refractivity contribution in [1.82, 2.24) is 15.0 Å². The molecule has 2 aromatic rings. The van der Waals surface area contributed by atoms with Crippen LogP contribution < -0.4 is 5.32 Å². The summed E-state index contributed by atoms with van der Waals surface area (Å²) in [5, 5.41) is 13.5. The Balaban J connectivity index is 2.19. The highest BCUT2D eigenvalue weighted by Crippen LogP contribution is 2.20. The molecule has 15 heavy (non-hydrogen) atoms. The van der Waals surface area contributed by atoms with E-state index in [2.05, 4.69) is 20.3 Å². The molecule has 0 amide bonds. The number of aromatic nitrogens is 3. The van der Waals surface area contributed by atoms with Crippen LogP contribution in [0.15, 0.2) is 23.8 Å². The van der Waals surface area contributed by atoms with Crippen molar-refractivity contribution < 1.29 is 5.11 Å². The van der Waals surface area contributed by atoms with E-state index in [1.165, 1.54) is 6.33 Å². The Morgan fingerprint density at radius 3 is 3.07 bits per heavy atom. The SMILES string of the molecule is OCCNc1ncnc(-c2cccs2)n1. The molecule has 0 aliphatic rings. The predicted molar refractivity (Wildman–Crippen MR) is 58.7 cm³/mol. The van der Waals surface area contributed by atoms with Crippen LogP contribution in [0, 0.1) is 0 Å². The number of hydrogen-bond donors (Lipinski definition) is 2. The fraction of sp³-hybridized carbons (Fsp3) is 0.222. The second-order valence-corrected chi connectivity index (χ2v) is 3.71. The molecular weight excluding hydrogens is 212 g/mol. The number of nitrogens with one attached hydrogen (secondary N) is 1. The van der Waals surface area contributed by atoms with Gasteiger partial charge in [0.05, 0.1) is 11.5 Å². The standard InChI is InChI=1S/C9H10N4OS/c14-4-3-10-9-12-6-11-8(13-9)7-2-1-5-15-7/h1-2,5-6,14H,3-4H2,(H,10,11,12,13). The normalized spacial score (nSPS) is 10.2. The topological polar surface area (TPSA) is 70.9 Å². The minimum atomic E-state index is 0.0556.